The Hall–Kier alpha value is -1.72. The van der Waals surface area contributed by atoms with E-state index in [1.807, 2.05) is 30.3 Å². The number of carbonyl (C=O) groups excluding carboxylic acids is 1. The topological polar surface area (TPSA) is 55.1 Å². The third kappa shape index (κ3) is 4.12. The van der Waals surface area contributed by atoms with Crippen LogP contribution in [0.1, 0.15) is 10.4 Å². The summed E-state index contributed by atoms with van der Waals surface area (Å²) in [7, 11) is 0. The van der Waals surface area contributed by atoms with Crippen LogP contribution >= 0.6 is 27.7 Å². The number of carbonyl (C=O) groups is 1. The Morgan fingerprint density at radius 1 is 1.33 bits per heavy atom. The molecule has 0 atom stereocenters. The van der Waals surface area contributed by atoms with E-state index in [9.17, 15) is 4.79 Å². The number of hydrogen-bond donors (Lipinski definition) is 2. The monoisotopic (exact) mass is 362 g/mol. The smallest absolute Gasteiger partial charge is 0.257 e. The average Bonchev–Trinajstić information content (AvgIpc) is 2.46. The molecule has 2 aromatic rings. The summed E-state index contributed by atoms with van der Waals surface area (Å²) in [5, 5.41) is 2.91. The molecule has 0 aromatic heterocycles. The summed E-state index contributed by atoms with van der Waals surface area (Å²) < 4.78 is 0.846. The van der Waals surface area contributed by atoms with Gasteiger partial charge in [0.2, 0.25) is 0 Å². The minimum Gasteiger partial charge on any atom is -0.398 e. The van der Waals surface area contributed by atoms with E-state index < -0.39 is 0 Å². The molecule has 0 radical (unpaired) electrons. The van der Waals surface area contributed by atoms with E-state index in [2.05, 4.69) is 27.8 Å². The lowest BCUT2D eigenvalue weighted by Crippen LogP contribution is -2.14. The lowest BCUT2D eigenvalue weighted by molar-refractivity contribution is 0.102. The molecule has 0 spiro atoms. The molecule has 0 saturated carbocycles. The fraction of sp³-hybridized carbons (Fsp3) is 0.0625. The van der Waals surface area contributed by atoms with Crippen LogP contribution in [0.3, 0.4) is 0 Å². The van der Waals surface area contributed by atoms with Gasteiger partial charge in [-0.25, -0.2) is 0 Å². The van der Waals surface area contributed by atoms with E-state index in [1.54, 1.807) is 30.0 Å². The molecule has 108 valence electrons. The standard InChI is InChI=1S/C16H15BrN2OS/c1-2-9-21-15-6-4-3-5-14(15)19-16(20)12-8-7-11(17)10-13(12)18/h2-8,10H,1,9,18H2,(H,19,20). The Balaban J connectivity index is 2.21. The van der Waals surface area contributed by atoms with Crippen molar-refractivity contribution in [2.45, 2.75) is 4.90 Å². The number of thioether (sulfide) groups is 1. The number of nitrogens with two attached hydrogens (primary N) is 1. The Morgan fingerprint density at radius 2 is 2.10 bits per heavy atom. The highest BCUT2D eigenvalue weighted by Crippen LogP contribution is 2.28. The predicted octanol–water partition coefficient (Wildman–Crippen LogP) is 4.56. The molecule has 0 aliphatic heterocycles. The van der Waals surface area contributed by atoms with Crippen LogP contribution in [0.2, 0.25) is 0 Å². The molecule has 0 heterocycles. The van der Waals surface area contributed by atoms with E-state index in [1.165, 1.54) is 0 Å². The van der Waals surface area contributed by atoms with Crippen molar-refractivity contribution in [2.75, 3.05) is 16.8 Å². The lowest BCUT2D eigenvalue weighted by Gasteiger charge is -2.11. The van der Waals surface area contributed by atoms with Crippen LogP contribution in [0.5, 0.6) is 0 Å². The summed E-state index contributed by atoms with van der Waals surface area (Å²) in [6, 6.07) is 12.9. The van der Waals surface area contributed by atoms with Gasteiger partial charge in [-0.2, -0.15) is 0 Å². The van der Waals surface area contributed by atoms with Crippen LogP contribution in [0.4, 0.5) is 11.4 Å². The quantitative estimate of drug-likeness (QED) is 0.465. The van der Waals surface area contributed by atoms with E-state index in [4.69, 9.17) is 5.73 Å². The van der Waals surface area contributed by atoms with Gasteiger partial charge in [-0.3, -0.25) is 4.79 Å². The van der Waals surface area contributed by atoms with Gasteiger partial charge in [-0.15, -0.1) is 18.3 Å². The van der Waals surface area contributed by atoms with Crippen molar-refractivity contribution in [3.8, 4) is 0 Å². The van der Waals surface area contributed by atoms with Crippen LogP contribution in [0.25, 0.3) is 0 Å². The van der Waals surface area contributed by atoms with Crippen LogP contribution in [-0.4, -0.2) is 11.7 Å². The second kappa shape index (κ2) is 7.33. The largest absolute Gasteiger partial charge is 0.398 e. The van der Waals surface area contributed by atoms with Crippen molar-refractivity contribution in [1.82, 2.24) is 0 Å². The zero-order valence-electron chi connectivity index (χ0n) is 11.3. The number of rotatable bonds is 5. The van der Waals surface area contributed by atoms with Crippen LogP contribution in [0.15, 0.2) is 64.5 Å². The first kappa shape index (κ1) is 15.7. The van der Waals surface area contributed by atoms with E-state index in [0.717, 1.165) is 20.8 Å². The summed E-state index contributed by atoms with van der Waals surface area (Å²) in [4.78, 5) is 13.3. The Morgan fingerprint density at radius 3 is 2.81 bits per heavy atom. The van der Waals surface area contributed by atoms with Crippen molar-refractivity contribution in [2.24, 2.45) is 0 Å². The molecule has 5 heteroatoms. The minimum absolute atomic E-state index is 0.216. The molecule has 0 aliphatic carbocycles. The van der Waals surface area contributed by atoms with Crippen LogP contribution in [-0.2, 0) is 0 Å². The van der Waals surface area contributed by atoms with Gasteiger partial charge in [-0.05, 0) is 30.3 Å². The average molecular weight is 363 g/mol. The van der Waals surface area contributed by atoms with Gasteiger partial charge < -0.3 is 11.1 Å². The van der Waals surface area contributed by atoms with E-state index in [-0.39, 0.29) is 5.91 Å². The maximum Gasteiger partial charge on any atom is 0.257 e. The maximum absolute atomic E-state index is 12.3. The summed E-state index contributed by atoms with van der Waals surface area (Å²) in [6.07, 6.45) is 1.83. The van der Waals surface area contributed by atoms with E-state index in [0.29, 0.717) is 11.3 Å². The maximum atomic E-state index is 12.3. The summed E-state index contributed by atoms with van der Waals surface area (Å²) in [6.45, 7) is 3.70. The van der Waals surface area contributed by atoms with Crippen molar-refractivity contribution in [1.29, 1.82) is 0 Å². The second-order valence-electron chi connectivity index (χ2n) is 4.28. The Kier molecular flexibility index (Phi) is 5.47. The van der Waals surface area contributed by atoms with Gasteiger partial charge in [0.1, 0.15) is 0 Å². The van der Waals surface area contributed by atoms with E-state index >= 15 is 0 Å². The lowest BCUT2D eigenvalue weighted by atomic mass is 10.1. The van der Waals surface area contributed by atoms with Crippen molar-refractivity contribution in [3.05, 3.63) is 65.2 Å². The number of anilines is 2. The fourth-order valence-electron chi connectivity index (χ4n) is 1.77. The van der Waals surface area contributed by atoms with Gasteiger partial charge in [-0.1, -0.05) is 34.1 Å². The molecule has 0 saturated heterocycles. The molecule has 0 unspecified atom stereocenters. The number of halogens is 1. The molecular weight excluding hydrogens is 348 g/mol. The van der Waals surface area contributed by atoms with Crippen molar-refractivity contribution < 1.29 is 4.79 Å². The molecule has 21 heavy (non-hydrogen) atoms. The van der Waals surface area contributed by atoms with Gasteiger partial charge in [0, 0.05) is 20.8 Å². The first-order valence-corrected chi connectivity index (χ1v) is 8.09. The predicted molar refractivity (Wildman–Crippen MR) is 93.9 cm³/mol. The second-order valence-corrected chi connectivity index (χ2v) is 6.26. The molecule has 3 N–H and O–H groups in total. The SMILES string of the molecule is C=CCSc1ccccc1NC(=O)c1ccc(Br)cc1N. The third-order valence-corrected chi connectivity index (χ3v) is 4.31. The zero-order valence-corrected chi connectivity index (χ0v) is 13.7. The zero-order chi connectivity index (χ0) is 15.2. The van der Waals surface area contributed by atoms with Gasteiger partial charge >= 0.3 is 0 Å². The molecule has 0 bridgehead atoms. The van der Waals surface area contributed by atoms with Gasteiger partial charge in [0.05, 0.1) is 11.3 Å². The molecule has 1 amide bonds. The molecule has 3 nitrogen and oxygen atoms in total. The number of nitrogens with one attached hydrogen (secondary N) is 1. The molecular formula is C16H15BrN2OS. The normalized spacial score (nSPS) is 10.1. The third-order valence-electron chi connectivity index (χ3n) is 2.75. The fourth-order valence-corrected chi connectivity index (χ4v) is 2.90. The van der Waals surface area contributed by atoms with Gasteiger partial charge in [0.15, 0.2) is 0 Å². The molecule has 2 rings (SSSR count). The highest BCUT2D eigenvalue weighted by molar-refractivity contribution is 9.10. The number of nitrogen functional groups attached to an aromatic ring is 1. The molecule has 0 aliphatic rings. The number of hydrogen-bond acceptors (Lipinski definition) is 3. The van der Waals surface area contributed by atoms with Gasteiger partial charge in [0.25, 0.3) is 5.91 Å². The van der Waals surface area contributed by atoms with Crippen LogP contribution < -0.4 is 11.1 Å². The Bertz CT molecular complexity index is 673. The first-order valence-electron chi connectivity index (χ1n) is 6.31. The van der Waals surface area contributed by atoms with Crippen LogP contribution in [0, 0.1) is 0 Å². The highest BCUT2D eigenvalue weighted by Gasteiger charge is 2.12. The minimum atomic E-state index is -0.216. The summed E-state index contributed by atoms with van der Waals surface area (Å²) in [5.41, 5.74) is 7.56. The number of amides is 1. The highest BCUT2D eigenvalue weighted by atomic mass is 79.9. The molecule has 2 aromatic carbocycles. The van der Waals surface area contributed by atoms with Crippen molar-refractivity contribution in [3.63, 3.8) is 0 Å². The van der Waals surface area contributed by atoms with Crippen molar-refractivity contribution >= 4 is 45.0 Å². The first-order chi connectivity index (χ1) is 10.1. The summed E-state index contributed by atoms with van der Waals surface area (Å²) in [5.74, 6) is 0.569. The Labute approximate surface area is 136 Å². The summed E-state index contributed by atoms with van der Waals surface area (Å²) >= 11 is 4.95. The number of benzene rings is 2. The number of para-hydroxylation sites is 1. The molecule has 0 fully saturated rings.